The molecule has 0 aliphatic carbocycles. The number of rotatable bonds is 4. The minimum Gasteiger partial charge on any atom is -0.375 e. The van der Waals surface area contributed by atoms with E-state index in [0.717, 1.165) is 23.2 Å². The molecule has 0 radical (unpaired) electrons. The van der Waals surface area contributed by atoms with Crippen LogP contribution in [0.2, 0.25) is 0 Å². The van der Waals surface area contributed by atoms with Crippen molar-refractivity contribution < 1.29 is 0 Å². The minimum atomic E-state index is 0.185. The zero-order chi connectivity index (χ0) is 13.3. The van der Waals surface area contributed by atoms with E-state index in [4.69, 9.17) is 0 Å². The van der Waals surface area contributed by atoms with E-state index in [2.05, 4.69) is 72.4 Å². The van der Waals surface area contributed by atoms with E-state index in [-0.39, 0.29) is 11.1 Å². The smallest absolute Gasteiger partial charge is 0.0945 e. The average Bonchev–Trinajstić information content (AvgIpc) is 2.13. The summed E-state index contributed by atoms with van der Waals surface area (Å²) in [4.78, 5) is 2.38. The Morgan fingerprint density at radius 2 is 1.82 bits per heavy atom. The second-order valence-corrected chi connectivity index (χ2v) is 6.92. The topological polar surface area (TPSA) is 27.3 Å². The quantitative estimate of drug-likeness (QED) is 0.463. The predicted octanol–water partition coefficient (Wildman–Crippen LogP) is 2.68. The van der Waals surface area contributed by atoms with Gasteiger partial charge in [0.25, 0.3) is 0 Å². The second-order valence-electron chi connectivity index (χ2n) is 6.24. The molecule has 0 spiro atoms. The zero-order valence-electron chi connectivity index (χ0n) is 11.7. The van der Waals surface area contributed by atoms with E-state index in [1.807, 2.05) is 7.05 Å². The highest BCUT2D eigenvalue weighted by molar-refractivity contribution is 14.1. The van der Waals surface area contributed by atoms with Crippen LogP contribution >= 0.6 is 22.6 Å². The molecule has 1 aliphatic rings. The minimum absolute atomic E-state index is 0.185. The molecule has 0 atom stereocenters. The van der Waals surface area contributed by atoms with Crippen molar-refractivity contribution in [2.24, 2.45) is 0 Å². The summed E-state index contributed by atoms with van der Waals surface area (Å²) >= 11 is 2.42. The molecule has 0 amide bonds. The predicted molar refractivity (Wildman–Crippen MR) is 83.2 cm³/mol. The SMILES string of the molecule is C=C(NC)N(CI)C1CC(C)(C)NC(C)(C)C1. The van der Waals surface area contributed by atoms with Crippen LogP contribution in [0.5, 0.6) is 0 Å². The molecule has 0 saturated carbocycles. The van der Waals surface area contributed by atoms with E-state index in [1.165, 1.54) is 0 Å². The summed E-state index contributed by atoms with van der Waals surface area (Å²) in [6.07, 6.45) is 2.31. The van der Waals surface area contributed by atoms with Gasteiger partial charge in [-0.15, -0.1) is 0 Å². The standard InChI is InChI=1S/C13H26IN3/c1-10(15-6)17(9-14)11-7-12(2,3)16-13(4,5)8-11/h11,15-16H,1,7-9H2,2-6H3. The van der Waals surface area contributed by atoms with Crippen LogP contribution in [0.25, 0.3) is 0 Å². The molecule has 1 fully saturated rings. The Morgan fingerprint density at radius 3 is 2.18 bits per heavy atom. The summed E-state index contributed by atoms with van der Waals surface area (Å²) in [5, 5.41) is 6.89. The molecule has 0 aromatic carbocycles. The van der Waals surface area contributed by atoms with Gasteiger partial charge in [0.2, 0.25) is 0 Å². The number of piperidine rings is 1. The van der Waals surface area contributed by atoms with Crippen LogP contribution in [0, 0.1) is 0 Å². The molecule has 2 N–H and O–H groups in total. The largest absolute Gasteiger partial charge is 0.375 e. The summed E-state index contributed by atoms with van der Waals surface area (Å²) in [7, 11) is 1.94. The van der Waals surface area contributed by atoms with Crippen LogP contribution in [0.15, 0.2) is 12.4 Å². The van der Waals surface area contributed by atoms with E-state index in [1.54, 1.807) is 0 Å². The van der Waals surface area contributed by atoms with Crippen LogP contribution in [-0.2, 0) is 0 Å². The second kappa shape index (κ2) is 5.34. The Kier molecular flexibility index (Phi) is 4.74. The first kappa shape index (κ1) is 15.1. The van der Waals surface area contributed by atoms with Crippen LogP contribution < -0.4 is 10.6 Å². The maximum Gasteiger partial charge on any atom is 0.0945 e. The molecule has 1 aliphatic heterocycles. The van der Waals surface area contributed by atoms with Gasteiger partial charge in [-0.25, -0.2) is 0 Å². The van der Waals surface area contributed by atoms with Gasteiger partial charge in [0.15, 0.2) is 0 Å². The average molecular weight is 351 g/mol. The van der Waals surface area contributed by atoms with Gasteiger partial charge in [0, 0.05) is 24.2 Å². The lowest BCUT2D eigenvalue weighted by Gasteiger charge is -2.50. The zero-order valence-corrected chi connectivity index (χ0v) is 13.9. The van der Waals surface area contributed by atoms with Gasteiger partial charge in [-0.05, 0) is 40.5 Å². The molecule has 0 bridgehead atoms. The normalized spacial score (nSPS) is 23.2. The number of hydrogen-bond donors (Lipinski definition) is 2. The van der Waals surface area contributed by atoms with E-state index < -0.39 is 0 Å². The van der Waals surface area contributed by atoms with Crippen molar-refractivity contribution >= 4 is 22.6 Å². The van der Waals surface area contributed by atoms with Gasteiger partial charge in [0.05, 0.1) is 10.4 Å². The maximum atomic E-state index is 4.10. The number of halogens is 1. The first-order valence-corrected chi connectivity index (χ1v) is 7.72. The molecule has 0 aromatic heterocycles. The Labute approximate surface area is 120 Å². The fourth-order valence-corrected chi connectivity index (χ4v) is 3.99. The molecule has 1 heterocycles. The molecule has 17 heavy (non-hydrogen) atoms. The molecule has 1 rings (SSSR count). The van der Waals surface area contributed by atoms with Gasteiger partial charge in [-0.2, -0.15) is 0 Å². The van der Waals surface area contributed by atoms with Gasteiger partial charge >= 0.3 is 0 Å². The van der Waals surface area contributed by atoms with Gasteiger partial charge < -0.3 is 15.5 Å². The molecule has 0 aromatic rings. The molecule has 100 valence electrons. The Hall–Kier alpha value is 0.0300. The summed E-state index contributed by atoms with van der Waals surface area (Å²) in [5.74, 6) is 1.03. The van der Waals surface area contributed by atoms with Crippen molar-refractivity contribution in [1.82, 2.24) is 15.5 Å². The van der Waals surface area contributed by atoms with Crippen molar-refractivity contribution in [3.8, 4) is 0 Å². The molecule has 0 unspecified atom stereocenters. The Morgan fingerprint density at radius 1 is 1.35 bits per heavy atom. The van der Waals surface area contributed by atoms with Crippen LogP contribution in [-0.4, -0.2) is 33.6 Å². The van der Waals surface area contributed by atoms with Gasteiger partial charge in [-0.3, -0.25) is 0 Å². The lowest BCUT2D eigenvalue weighted by Crippen LogP contribution is -2.62. The van der Waals surface area contributed by atoms with E-state index in [0.29, 0.717) is 6.04 Å². The third kappa shape index (κ3) is 4.02. The third-order valence-electron chi connectivity index (χ3n) is 3.37. The first-order chi connectivity index (χ1) is 7.71. The molecule has 1 saturated heterocycles. The number of nitrogens with one attached hydrogen (secondary N) is 2. The third-order valence-corrected chi connectivity index (χ3v) is 4.11. The number of alkyl halides is 1. The Bertz CT molecular complexity index is 270. The van der Waals surface area contributed by atoms with Crippen molar-refractivity contribution in [1.29, 1.82) is 0 Å². The summed E-state index contributed by atoms with van der Waals surface area (Å²) < 4.78 is 0.980. The lowest BCUT2D eigenvalue weighted by molar-refractivity contribution is 0.0945. The maximum absolute atomic E-state index is 4.10. The Balaban J connectivity index is 2.85. The fraction of sp³-hybridized carbons (Fsp3) is 0.846. The molecular weight excluding hydrogens is 325 g/mol. The lowest BCUT2D eigenvalue weighted by atomic mass is 9.79. The van der Waals surface area contributed by atoms with Crippen molar-refractivity contribution in [2.75, 3.05) is 11.6 Å². The molecule has 4 heteroatoms. The monoisotopic (exact) mass is 351 g/mol. The van der Waals surface area contributed by atoms with Crippen LogP contribution in [0.1, 0.15) is 40.5 Å². The number of hydrogen-bond acceptors (Lipinski definition) is 3. The summed E-state index contributed by atoms with van der Waals surface area (Å²) in [6.45, 7) is 13.2. The van der Waals surface area contributed by atoms with Crippen molar-refractivity contribution in [2.45, 2.75) is 57.7 Å². The molecule has 3 nitrogen and oxygen atoms in total. The number of nitrogens with zero attached hydrogens (tertiary/aromatic N) is 1. The van der Waals surface area contributed by atoms with Crippen molar-refractivity contribution in [3.63, 3.8) is 0 Å². The van der Waals surface area contributed by atoms with E-state index >= 15 is 0 Å². The first-order valence-electron chi connectivity index (χ1n) is 6.19. The summed E-state index contributed by atoms with van der Waals surface area (Å²) in [5.41, 5.74) is 0.370. The van der Waals surface area contributed by atoms with Crippen molar-refractivity contribution in [3.05, 3.63) is 12.4 Å². The fourth-order valence-electron chi connectivity index (χ4n) is 3.02. The van der Waals surface area contributed by atoms with Gasteiger partial charge in [0.1, 0.15) is 0 Å². The highest BCUT2D eigenvalue weighted by atomic mass is 127. The van der Waals surface area contributed by atoms with E-state index in [9.17, 15) is 0 Å². The van der Waals surface area contributed by atoms with Crippen LogP contribution in [0.3, 0.4) is 0 Å². The van der Waals surface area contributed by atoms with Crippen LogP contribution in [0.4, 0.5) is 0 Å². The highest BCUT2D eigenvalue weighted by Gasteiger charge is 2.39. The highest BCUT2D eigenvalue weighted by Crippen LogP contribution is 2.32. The summed E-state index contributed by atoms with van der Waals surface area (Å²) in [6, 6.07) is 0.554. The molecular formula is C13H26IN3. The van der Waals surface area contributed by atoms with Gasteiger partial charge in [-0.1, -0.05) is 29.2 Å².